The molecule has 2 fully saturated rings. The summed E-state index contributed by atoms with van der Waals surface area (Å²) in [4.78, 5) is 16.1. The molecular weight excluding hydrogens is 276 g/mol. The van der Waals surface area contributed by atoms with Crippen LogP contribution in [0.2, 0.25) is 0 Å². The van der Waals surface area contributed by atoms with Crippen LogP contribution in [0, 0.1) is 5.92 Å². The van der Waals surface area contributed by atoms with E-state index in [2.05, 4.69) is 15.6 Å². The van der Waals surface area contributed by atoms with Crippen LogP contribution in [0.3, 0.4) is 0 Å². The summed E-state index contributed by atoms with van der Waals surface area (Å²) in [6.07, 6.45) is 13.3. The van der Waals surface area contributed by atoms with Crippen LogP contribution in [0.5, 0.6) is 0 Å². The summed E-state index contributed by atoms with van der Waals surface area (Å²) in [6, 6.07) is 0.475. The molecule has 0 aromatic rings. The molecule has 2 aliphatic rings. The van der Waals surface area contributed by atoms with E-state index in [9.17, 15) is 4.79 Å². The van der Waals surface area contributed by atoms with Crippen LogP contribution >= 0.6 is 0 Å². The zero-order chi connectivity index (χ0) is 15.6. The highest BCUT2D eigenvalue weighted by Crippen LogP contribution is 2.27. The van der Waals surface area contributed by atoms with Gasteiger partial charge in [-0.3, -0.25) is 9.79 Å². The second kappa shape index (κ2) is 9.70. The van der Waals surface area contributed by atoms with Crippen molar-refractivity contribution < 1.29 is 4.79 Å². The summed E-state index contributed by atoms with van der Waals surface area (Å²) < 4.78 is 0. The molecule has 0 atom stereocenters. The monoisotopic (exact) mass is 308 g/mol. The van der Waals surface area contributed by atoms with Gasteiger partial charge in [-0.1, -0.05) is 38.5 Å². The molecular formula is C17H32N4O. The summed E-state index contributed by atoms with van der Waals surface area (Å²) in [7, 11) is 0. The lowest BCUT2D eigenvalue weighted by molar-refractivity contribution is -0.121. The predicted molar refractivity (Wildman–Crippen MR) is 90.7 cm³/mol. The van der Waals surface area contributed by atoms with Crippen LogP contribution < -0.4 is 16.4 Å². The van der Waals surface area contributed by atoms with E-state index in [4.69, 9.17) is 5.73 Å². The molecule has 0 heterocycles. The smallest absolute Gasteiger partial charge is 0.220 e. The first kappa shape index (κ1) is 17.1. The van der Waals surface area contributed by atoms with Gasteiger partial charge in [-0.25, -0.2) is 0 Å². The Hall–Kier alpha value is -1.26. The van der Waals surface area contributed by atoms with Crippen LogP contribution in [-0.4, -0.2) is 31.0 Å². The Balaban J connectivity index is 1.56. The Kier molecular flexibility index (Phi) is 7.54. The first-order chi connectivity index (χ1) is 10.7. The lowest BCUT2D eigenvalue weighted by atomic mass is 10.0. The highest BCUT2D eigenvalue weighted by Gasteiger charge is 2.18. The van der Waals surface area contributed by atoms with Gasteiger partial charge in [0.25, 0.3) is 0 Å². The molecule has 0 aliphatic heterocycles. The van der Waals surface area contributed by atoms with Gasteiger partial charge in [0.15, 0.2) is 5.96 Å². The van der Waals surface area contributed by atoms with Crippen LogP contribution in [0.1, 0.15) is 70.6 Å². The number of carbonyl (C=O) groups is 1. The van der Waals surface area contributed by atoms with Gasteiger partial charge < -0.3 is 16.4 Å². The van der Waals surface area contributed by atoms with Crippen LogP contribution in [0.15, 0.2) is 4.99 Å². The normalized spacial score (nSPS) is 21.5. The van der Waals surface area contributed by atoms with Crippen molar-refractivity contribution in [1.29, 1.82) is 0 Å². The molecule has 0 unspecified atom stereocenters. The van der Waals surface area contributed by atoms with E-state index in [1.54, 1.807) is 0 Å². The zero-order valence-corrected chi connectivity index (χ0v) is 13.8. The molecule has 2 saturated carbocycles. The van der Waals surface area contributed by atoms with E-state index in [0.29, 0.717) is 37.4 Å². The Morgan fingerprint density at radius 1 is 1.00 bits per heavy atom. The van der Waals surface area contributed by atoms with Gasteiger partial charge in [0.05, 0.1) is 6.54 Å². The second-order valence-electron chi connectivity index (χ2n) is 6.80. The molecule has 0 bridgehead atoms. The molecule has 5 nitrogen and oxygen atoms in total. The van der Waals surface area contributed by atoms with E-state index in [1.807, 2.05) is 0 Å². The van der Waals surface area contributed by atoms with Gasteiger partial charge in [-0.15, -0.1) is 0 Å². The third-order valence-electron chi connectivity index (χ3n) is 4.87. The maximum absolute atomic E-state index is 11.8. The van der Waals surface area contributed by atoms with Gasteiger partial charge in [0, 0.05) is 19.0 Å². The zero-order valence-electron chi connectivity index (χ0n) is 13.8. The van der Waals surface area contributed by atoms with Crippen molar-refractivity contribution in [2.75, 3.05) is 13.1 Å². The highest BCUT2D eigenvalue weighted by molar-refractivity contribution is 5.78. The minimum atomic E-state index is 0.164. The van der Waals surface area contributed by atoms with Gasteiger partial charge in [0.2, 0.25) is 5.91 Å². The number of nitrogens with zero attached hydrogens (tertiary/aromatic N) is 1. The molecule has 4 N–H and O–H groups in total. The third-order valence-corrected chi connectivity index (χ3v) is 4.87. The van der Waals surface area contributed by atoms with E-state index in [0.717, 1.165) is 0 Å². The van der Waals surface area contributed by atoms with Crippen LogP contribution in [0.25, 0.3) is 0 Å². The number of nitrogens with one attached hydrogen (secondary N) is 2. The number of rotatable bonds is 6. The van der Waals surface area contributed by atoms with E-state index in [1.165, 1.54) is 64.2 Å². The highest BCUT2D eigenvalue weighted by atomic mass is 16.1. The fourth-order valence-corrected chi connectivity index (χ4v) is 3.60. The standard InChI is InChI=1S/C17H32N4O/c18-17(21-15-9-3-1-2-4-10-15)20-12-11-19-16(22)13-14-7-5-6-8-14/h14-15H,1-13H2,(H,19,22)(H3,18,20,21). The average molecular weight is 308 g/mol. The molecule has 0 spiro atoms. The van der Waals surface area contributed by atoms with Crippen molar-refractivity contribution in [3.63, 3.8) is 0 Å². The van der Waals surface area contributed by atoms with Crippen LogP contribution in [-0.2, 0) is 4.79 Å². The lowest BCUT2D eigenvalue weighted by Gasteiger charge is -2.16. The predicted octanol–water partition coefficient (Wildman–Crippen LogP) is 2.31. The fraction of sp³-hybridized carbons (Fsp3) is 0.882. The largest absolute Gasteiger partial charge is 0.370 e. The molecule has 0 aromatic carbocycles. The van der Waals surface area contributed by atoms with Crippen molar-refractivity contribution >= 4 is 11.9 Å². The Morgan fingerprint density at radius 2 is 1.64 bits per heavy atom. The summed E-state index contributed by atoms with van der Waals surface area (Å²) in [5, 5.41) is 6.27. The van der Waals surface area contributed by atoms with Gasteiger partial charge in [0.1, 0.15) is 0 Å². The van der Waals surface area contributed by atoms with E-state index < -0.39 is 0 Å². The number of aliphatic imine (C=N–C) groups is 1. The first-order valence-corrected chi connectivity index (χ1v) is 9.07. The average Bonchev–Trinajstić information content (AvgIpc) is 2.86. The van der Waals surface area contributed by atoms with Crippen molar-refractivity contribution in [2.45, 2.75) is 76.7 Å². The second-order valence-corrected chi connectivity index (χ2v) is 6.80. The minimum Gasteiger partial charge on any atom is -0.370 e. The number of carbonyl (C=O) groups excluding carboxylic acids is 1. The fourth-order valence-electron chi connectivity index (χ4n) is 3.60. The van der Waals surface area contributed by atoms with Crippen molar-refractivity contribution in [3.05, 3.63) is 0 Å². The van der Waals surface area contributed by atoms with Gasteiger partial charge in [-0.2, -0.15) is 0 Å². The van der Waals surface area contributed by atoms with Crippen molar-refractivity contribution in [3.8, 4) is 0 Å². The van der Waals surface area contributed by atoms with Gasteiger partial charge >= 0.3 is 0 Å². The molecule has 0 radical (unpaired) electrons. The molecule has 126 valence electrons. The van der Waals surface area contributed by atoms with E-state index >= 15 is 0 Å². The van der Waals surface area contributed by atoms with E-state index in [-0.39, 0.29) is 5.91 Å². The lowest BCUT2D eigenvalue weighted by Crippen LogP contribution is -2.40. The Labute approximate surface area is 134 Å². The quantitative estimate of drug-likeness (QED) is 0.305. The first-order valence-electron chi connectivity index (χ1n) is 9.07. The molecule has 5 heteroatoms. The topological polar surface area (TPSA) is 79.5 Å². The number of hydrogen-bond acceptors (Lipinski definition) is 2. The molecule has 22 heavy (non-hydrogen) atoms. The number of amides is 1. The Morgan fingerprint density at radius 3 is 2.32 bits per heavy atom. The van der Waals surface area contributed by atoms with Gasteiger partial charge in [-0.05, 0) is 31.6 Å². The molecule has 1 amide bonds. The maximum atomic E-state index is 11.8. The molecule has 0 aromatic heterocycles. The molecule has 2 rings (SSSR count). The molecule has 0 saturated heterocycles. The number of guanidine groups is 1. The molecule has 2 aliphatic carbocycles. The SMILES string of the molecule is NC(=NCCNC(=O)CC1CCCC1)NC1CCCCCC1. The minimum absolute atomic E-state index is 0.164. The summed E-state index contributed by atoms with van der Waals surface area (Å²) >= 11 is 0. The maximum Gasteiger partial charge on any atom is 0.220 e. The van der Waals surface area contributed by atoms with Crippen molar-refractivity contribution in [2.24, 2.45) is 16.6 Å². The van der Waals surface area contributed by atoms with Crippen molar-refractivity contribution in [1.82, 2.24) is 10.6 Å². The third kappa shape index (κ3) is 6.67. The summed E-state index contributed by atoms with van der Waals surface area (Å²) in [5.41, 5.74) is 5.93. The number of hydrogen-bond donors (Lipinski definition) is 3. The Bertz CT molecular complexity index is 356. The summed E-state index contributed by atoms with van der Waals surface area (Å²) in [5.74, 6) is 1.29. The number of nitrogens with two attached hydrogens (primary N) is 1. The van der Waals surface area contributed by atoms with Crippen LogP contribution in [0.4, 0.5) is 0 Å². The summed E-state index contributed by atoms with van der Waals surface area (Å²) in [6.45, 7) is 1.14.